The van der Waals surface area contributed by atoms with Crippen LogP contribution in [0.3, 0.4) is 0 Å². The van der Waals surface area contributed by atoms with Crippen molar-refractivity contribution < 1.29 is 24.5 Å². The van der Waals surface area contributed by atoms with Crippen molar-refractivity contribution in [3.63, 3.8) is 0 Å². The zero-order chi connectivity index (χ0) is 19.1. The van der Waals surface area contributed by atoms with Crippen LogP contribution >= 0.6 is 0 Å². The molecule has 0 bridgehead atoms. The number of hydrogen-bond acceptors (Lipinski definition) is 6. The fraction of sp³-hybridized carbons (Fsp3) is 0.444. The molecule has 140 valence electrons. The van der Waals surface area contributed by atoms with Gasteiger partial charge in [0.1, 0.15) is 0 Å². The van der Waals surface area contributed by atoms with Crippen LogP contribution in [0.4, 0.5) is 0 Å². The third-order valence-corrected chi connectivity index (χ3v) is 4.84. The molecule has 0 saturated carbocycles. The highest BCUT2D eigenvalue weighted by molar-refractivity contribution is 5.77. The van der Waals surface area contributed by atoms with E-state index in [1.807, 2.05) is 0 Å². The van der Waals surface area contributed by atoms with Gasteiger partial charge < -0.3 is 24.8 Å². The summed E-state index contributed by atoms with van der Waals surface area (Å²) in [7, 11) is 1.24. The molecule has 3 atom stereocenters. The molecule has 0 amide bonds. The van der Waals surface area contributed by atoms with Crippen molar-refractivity contribution in [1.82, 2.24) is 10.2 Å². The van der Waals surface area contributed by atoms with Gasteiger partial charge >= 0.3 is 5.97 Å². The number of phenolic OH excluding ortho intramolecular Hbond substituents is 1. The van der Waals surface area contributed by atoms with Crippen LogP contribution < -0.4 is 10.3 Å². The number of aromatic amines is 2. The maximum Gasteiger partial charge on any atom is 0.312 e. The number of methoxy groups -OCH3 is 1. The van der Waals surface area contributed by atoms with Crippen LogP contribution in [0.1, 0.15) is 36.6 Å². The number of fused-ring (bicyclic) bond motifs is 1. The minimum absolute atomic E-state index is 0.0454. The molecular weight excluding hydrogens is 340 g/mol. The van der Waals surface area contributed by atoms with E-state index in [2.05, 4.69) is 10.2 Å². The number of phenols is 1. The average molecular weight is 362 g/mol. The third-order valence-electron chi connectivity index (χ3n) is 4.84. The van der Waals surface area contributed by atoms with Gasteiger partial charge in [0.2, 0.25) is 0 Å². The summed E-state index contributed by atoms with van der Waals surface area (Å²) < 4.78 is 10.3. The number of benzene rings is 1. The summed E-state index contributed by atoms with van der Waals surface area (Å²) in [5.41, 5.74) is -0.316. The van der Waals surface area contributed by atoms with Crippen molar-refractivity contribution in [3.8, 4) is 11.5 Å². The number of aromatic hydroxyl groups is 1. The van der Waals surface area contributed by atoms with Crippen molar-refractivity contribution in [3.05, 3.63) is 45.4 Å². The van der Waals surface area contributed by atoms with E-state index in [1.54, 1.807) is 26.0 Å². The maximum atomic E-state index is 12.5. The average Bonchev–Trinajstić information content (AvgIpc) is 2.94. The Morgan fingerprint density at radius 1 is 1.38 bits per heavy atom. The number of ether oxygens (including phenoxy) is 2. The van der Waals surface area contributed by atoms with Crippen LogP contribution in [0.25, 0.3) is 0 Å². The first-order chi connectivity index (χ1) is 12.3. The number of hydrogen-bond donors (Lipinski definition) is 4. The van der Waals surface area contributed by atoms with E-state index < -0.39 is 23.4 Å². The second kappa shape index (κ2) is 6.53. The Balaban J connectivity index is 2.23. The topological polar surface area (TPSA) is 125 Å². The number of aromatic nitrogens is 2. The van der Waals surface area contributed by atoms with Crippen LogP contribution in [-0.4, -0.2) is 45.7 Å². The van der Waals surface area contributed by atoms with Crippen molar-refractivity contribution in [2.24, 2.45) is 5.92 Å². The molecule has 1 aromatic carbocycles. The lowest BCUT2D eigenvalue weighted by molar-refractivity contribution is -0.156. The fourth-order valence-corrected chi connectivity index (χ4v) is 3.74. The quantitative estimate of drug-likeness (QED) is 0.602. The number of H-pyrrole nitrogens is 2. The SMILES string of the molecule is CCOc1cc([C@H]2c3c([nH][nH]c3=O)C[C@@](C)(O)[C@@H]2C(=O)OC)ccc1O. The summed E-state index contributed by atoms with van der Waals surface area (Å²) in [6.07, 6.45) is 0.105. The molecule has 3 rings (SSSR count). The predicted molar refractivity (Wildman–Crippen MR) is 92.4 cm³/mol. The lowest BCUT2D eigenvalue weighted by Crippen LogP contribution is -2.49. The number of esters is 1. The van der Waals surface area contributed by atoms with E-state index in [-0.39, 0.29) is 23.5 Å². The number of carbonyl (C=O) groups is 1. The van der Waals surface area contributed by atoms with Crippen LogP contribution in [-0.2, 0) is 16.0 Å². The maximum absolute atomic E-state index is 12.5. The molecule has 8 heteroatoms. The minimum Gasteiger partial charge on any atom is -0.504 e. The lowest BCUT2D eigenvalue weighted by Gasteiger charge is -2.40. The van der Waals surface area contributed by atoms with Crippen LogP contribution in [0.5, 0.6) is 11.5 Å². The molecular formula is C18H22N2O6. The molecule has 26 heavy (non-hydrogen) atoms. The first-order valence-corrected chi connectivity index (χ1v) is 8.35. The molecule has 2 aromatic rings. The second-order valence-corrected chi connectivity index (χ2v) is 6.64. The zero-order valence-electron chi connectivity index (χ0n) is 14.8. The largest absolute Gasteiger partial charge is 0.504 e. The summed E-state index contributed by atoms with van der Waals surface area (Å²) >= 11 is 0. The second-order valence-electron chi connectivity index (χ2n) is 6.64. The Labute approximate surface area is 149 Å². The molecule has 0 radical (unpaired) electrons. The van der Waals surface area contributed by atoms with Crippen molar-refractivity contribution in [2.45, 2.75) is 31.8 Å². The normalized spacial score (nSPS) is 24.8. The highest BCUT2D eigenvalue weighted by Crippen LogP contribution is 2.45. The highest BCUT2D eigenvalue weighted by atomic mass is 16.5. The Morgan fingerprint density at radius 3 is 2.77 bits per heavy atom. The van der Waals surface area contributed by atoms with Crippen molar-refractivity contribution in [2.75, 3.05) is 13.7 Å². The molecule has 1 aliphatic rings. The summed E-state index contributed by atoms with van der Waals surface area (Å²) in [6.45, 7) is 3.67. The first kappa shape index (κ1) is 18.1. The van der Waals surface area contributed by atoms with E-state index >= 15 is 0 Å². The van der Waals surface area contributed by atoms with Gasteiger partial charge in [0.25, 0.3) is 5.56 Å². The van der Waals surface area contributed by atoms with E-state index in [1.165, 1.54) is 13.2 Å². The number of aliphatic hydroxyl groups is 1. The standard InChI is InChI=1S/C18H22N2O6/c1-4-26-12-7-9(5-6-11(12)21)13-14-10(19-20-16(14)22)8-18(2,24)15(13)17(23)25-3/h5-7,13,15,21,24H,4,8H2,1-3H3,(H2,19,20,22)/t13-,15-,18+/m0/s1. The highest BCUT2D eigenvalue weighted by Gasteiger charge is 2.51. The van der Waals surface area contributed by atoms with Gasteiger partial charge in [-0.2, -0.15) is 0 Å². The van der Waals surface area contributed by atoms with Crippen LogP contribution in [0, 0.1) is 5.92 Å². The van der Waals surface area contributed by atoms with Crippen molar-refractivity contribution >= 4 is 5.97 Å². The zero-order valence-corrected chi connectivity index (χ0v) is 14.8. The molecule has 0 spiro atoms. The van der Waals surface area contributed by atoms with Gasteiger partial charge in [-0.25, -0.2) is 0 Å². The first-order valence-electron chi connectivity index (χ1n) is 8.35. The third kappa shape index (κ3) is 2.86. The molecule has 4 N–H and O–H groups in total. The van der Waals surface area contributed by atoms with Crippen molar-refractivity contribution in [1.29, 1.82) is 0 Å². The van der Waals surface area contributed by atoms with Gasteiger partial charge in [0.05, 0.1) is 25.2 Å². The Bertz CT molecular complexity index is 882. The van der Waals surface area contributed by atoms with E-state index in [9.17, 15) is 19.8 Å². The monoisotopic (exact) mass is 362 g/mol. The summed E-state index contributed by atoms with van der Waals surface area (Å²) in [6, 6.07) is 4.63. The molecule has 1 heterocycles. The number of carbonyl (C=O) groups excluding carboxylic acids is 1. The predicted octanol–water partition coefficient (Wildman–Crippen LogP) is 1.04. The number of nitrogens with one attached hydrogen (secondary N) is 2. The van der Waals surface area contributed by atoms with Gasteiger partial charge in [0.15, 0.2) is 11.5 Å². The Kier molecular flexibility index (Phi) is 4.53. The summed E-state index contributed by atoms with van der Waals surface area (Å²) in [5.74, 6) is -2.16. The summed E-state index contributed by atoms with van der Waals surface area (Å²) in [4.78, 5) is 24.9. The van der Waals surface area contributed by atoms with Gasteiger partial charge in [-0.05, 0) is 31.5 Å². The summed E-state index contributed by atoms with van der Waals surface area (Å²) in [5, 5.41) is 26.2. The molecule has 1 aromatic heterocycles. The molecule has 0 unspecified atom stereocenters. The minimum atomic E-state index is -1.43. The van der Waals surface area contributed by atoms with Gasteiger partial charge in [0, 0.05) is 23.6 Å². The van der Waals surface area contributed by atoms with Gasteiger partial charge in [-0.1, -0.05) is 6.07 Å². The van der Waals surface area contributed by atoms with Gasteiger partial charge in [-0.15, -0.1) is 0 Å². The van der Waals surface area contributed by atoms with Crippen LogP contribution in [0.2, 0.25) is 0 Å². The Morgan fingerprint density at radius 2 is 2.12 bits per heavy atom. The van der Waals surface area contributed by atoms with Gasteiger partial charge in [-0.3, -0.25) is 14.7 Å². The molecule has 0 saturated heterocycles. The van der Waals surface area contributed by atoms with E-state index in [4.69, 9.17) is 9.47 Å². The molecule has 8 nitrogen and oxygen atoms in total. The lowest BCUT2D eigenvalue weighted by atomic mass is 9.66. The fourth-order valence-electron chi connectivity index (χ4n) is 3.74. The molecule has 0 fully saturated rings. The molecule has 0 aliphatic heterocycles. The smallest absolute Gasteiger partial charge is 0.312 e. The van der Waals surface area contributed by atoms with Crippen LogP contribution in [0.15, 0.2) is 23.0 Å². The Hall–Kier alpha value is -2.74. The van der Waals surface area contributed by atoms with E-state index in [0.29, 0.717) is 23.4 Å². The molecule has 1 aliphatic carbocycles. The number of rotatable bonds is 4. The van der Waals surface area contributed by atoms with E-state index in [0.717, 1.165) is 0 Å².